The molecule has 0 saturated carbocycles. The molecule has 1 aliphatic heterocycles. The number of benzene rings is 2. The van der Waals surface area contributed by atoms with Crippen molar-refractivity contribution in [3.8, 4) is 5.75 Å². The lowest BCUT2D eigenvalue weighted by molar-refractivity contribution is -0.153. The zero-order valence-corrected chi connectivity index (χ0v) is 18.5. The molecule has 178 valence electrons. The summed E-state index contributed by atoms with van der Waals surface area (Å²) in [7, 11) is 0. The number of hydrogen-bond acceptors (Lipinski definition) is 4. The molecule has 7 nitrogen and oxygen atoms in total. The summed E-state index contributed by atoms with van der Waals surface area (Å²) >= 11 is 6.23. The maximum Gasteiger partial charge on any atom is 0.422 e. The van der Waals surface area contributed by atoms with E-state index in [1.165, 1.54) is 23.1 Å². The SMILES string of the molecule is C[C@@H]1CN(C(=O)c2ccc(OCC(F)(F)F)cc2Cl)c2ccccc2CN1C(=O)NCCO. The Kier molecular flexibility index (Phi) is 7.70. The van der Waals surface area contributed by atoms with Crippen LogP contribution >= 0.6 is 11.6 Å². The number of aliphatic hydroxyl groups is 1. The zero-order chi connectivity index (χ0) is 24.2. The number of ether oxygens (including phenoxy) is 1. The van der Waals surface area contributed by atoms with Gasteiger partial charge in [-0.15, -0.1) is 0 Å². The molecule has 11 heteroatoms. The molecule has 0 spiro atoms. The Balaban J connectivity index is 1.88. The van der Waals surface area contributed by atoms with Crippen LogP contribution in [0.5, 0.6) is 5.75 Å². The third kappa shape index (κ3) is 6.08. The number of nitrogens with one attached hydrogen (secondary N) is 1. The minimum absolute atomic E-state index is 0.0494. The normalized spacial score (nSPS) is 16.1. The van der Waals surface area contributed by atoms with Crippen molar-refractivity contribution < 1.29 is 32.6 Å². The van der Waals surface area contributed by atoms with Crippen molar-refractivity contribution in [3.63, 3.8) is 0 Å². The largest absolute Gasteiger partial charge is 0.484 e. The second-order valence-corrected chi connectivity index (χ2v) is 7.93. The minimum atomic E-state index is -4.50. The first kappa shape index (κ1) is 24.7. The summed E-state index contributed by atoms with van der Waals surface area (Å²) in [5.41, 5.74) is 1.42. The number of amides is 3. The van der Waals surface area contributed by atoms with Crippen LogP contribution in [0.25, 0.3) is 0 Å². The lowest BCUT2D eigenvalue weighted by Gasteiger charge is -2.29. The van der Waals surface area contributed by atoms with Gasteiger partial charge in [-0.25, -0.2) is 4.79 Å². The summed E-state index contributed by atoms with van der Waals surface area (Å²) < 4.78 is 41.9. The van der Waals surface area contributed by atoms with Crippen LogP contribution in [0.3, 0.4) is 0 Å². The Morgan fingerprint density at radius 3 is 2.64 bits per heavy atom. The first-order valence-electron chi connectivity index (χ1n) is 10.1. The Hall–Kier alpha value is -2.98. The molecule has 1 aliphatic rings. The van der Waals surface area contributed by atoms with Crippen molar-refractivity contribution in [1.29, 1.82) is 0 Å². The Morgan fingerprint density at radius 2 is 1.97 bits per heavy atom. The minimum Gasteiger partial charge on any atom is -0.484 e. The Labute approximate surface area is 193 Å². The smallest absolute Gasteiger partial charge is 0.422 e. The van der Waals surface area contributed by atoms with Gasteiger partial charge in [-0.2, -0.15) is 13.2 Å². The lowest BCUT2D eigenvalue weighted by Crippen LogP contribution is -2.48. The van der Waals surface area contributed by atoms with E-state index < -0.39 is 18.7 Å². The predicted octanol–water partition coefficient (Wildman–Crippen LogP) is 3.83. The summed E-state index contributed by atoms with van der Waals surface area (Å²) in [6, 6.07) is 10.1. The summed E-state index contributed by atoms with van der Waals surface area (Å²) in [5, 5.41) is 11.6. The highest BCUT2D eigenvalue weighted by Gasteiger charge is 2.32. The topological polar surface area (TPSA) is 82.1 Å². The molecule has 3 amide bonds. The summed E-state index contributed by atoms with van der Waals surface area (Å²) in [6.45, 7) is 0.630. The van der Waals surface area contributed by atoms with Crippen molar-refractivity contribution in [1.82, 2.24) is 10.2 Å². The van der Waals surface area contributed by atoms with Crippen LogP contribution in [0.1, 0.15) is 22.8 Å². The van der Waals surface area contributed by atoms with Crippen molar-refractivity contribution in [2.45, 2.75) is 25.7 Å². The molecule has 3 rings (SSSR count). The Morgan fingerprint density at radius 1 is 1.24 bits per heavy atom. The molecule has 0 bridgehead atoms. The third-order valence-electron chi connectivity index (χ3n) is 5.07. The second kappa shape index (κ2) is 10.3. The van der Waals surface area contributed by atoms with Gasteiger partial charge in [0.2, 0.25) is 0 Å². The molecule has 0 aliphatic carbocycles. The number of aliphatic hydroxyl groups excluding tert-OH is 1. The quantitative estimate of drug-likeness (QED) is 0.674. The molecule has 0 fully saturated rings. The van der Waals surface area contributed by atoms with E-state index in [-0.39, 0.29) is 54.6 Å². The standard InChI is InChI=1S/C22H23ClF3N3O4/c1-14-11-29(19-5-3-2-4-15(19)12-28(14)21(32)27-8-9-30)20(31)17-7-6-16(10-18(17)23)33-13-22(24,25)26/h2-7,10,14,30H,8-9,11-13H2,1H3,(H,27,32)/t14-/m1/s1. The molecule has 1 heterocycles. The van der Waals surface area contributed by atoms with E-state index in [4.69, 9.17) is 21.4 Å². The predicted molar refractivity (Wildman–Crippen MR) is 117 cm³/mol. The second-order valence-electron chi connectivity index (χ2n) is 7.52. The van der Waals surface area contributed by atoms with Gasteiger partial charge in [0.15, 0.2) is 6.61 Å². The molecule has 0 saturated heterocycles. The maximum atomic E-state index is 13.4. The van der Waals surface area contributed by atoms with E-state index >= 15 is 0 Å². The summed E-state index contributed by atoms with van der Waals surface area (Å²) in [6.07, 6.45) is -4.50. The average Bonchev–Trinajstić information content (AvgIpc) is 2.92. The van der Waals surface area contributed by atoms with Gasteiger partial charge in [0.1, 0.15) is 5.75 Å². The van der Waals surface area contributed by atoms with Crippen LogP contribution in [0.4, 0.5) is 23.7 Å². The van der Waals surface area contributed by atoms with Gasteiger partial charge in [0.25, 0.3) is 5.91 Å². The first-order chi connectivity index (χ1) is 15.6. The third-order valence-corrected chi connectivity index (χ3v) is 5.38. The van der Waals surface area contributed by atoms with Crippen LogP contribution in [0.2, 0.25) is 5.02 Å². The fourth-order valence-electron chi connectivity index (χ4n) is 3.51. The van der Waals surface area contributed by atoms with Crippen LogP contribution in [-0.2, 0) is 6.54 Å². The van der Waals surface area contributed by atoms with E-state index in [9.17, 15) is 22.8 Å². The van der Waals surface area contributed by atoms with Crippen LogP contribution in [0, 0.1) is 0 Å². The van der Waals surface area contributed by atoms with Gasteiger partial charge in [-0.1, -0.05) is 29.8 Å². The average molecular weight is 486 g/mol. The van der Waals surface area contributed by atoms with Gasteiger partial charge < -0.3 is 25.0 Å². The summed E-state index contributed by atoms with van der Waals surface area (Å²) in [4.78, 5) is 29.1. The number of fused-ring (bicyclic) bond motifs is 1. The van der Waals surface area contributed by atoms with E-state index in [0.29, 0.717) is 5.69 Å². The molecule has 2 N–H and O–H groups in total. The monoisotopic (exact) mass is 485 g/mol. The number of nitrogens with zero attached hydrogens (tertiary/aromatic N) is 2. The van der Waals surface area contributed by atoms with Gasteiger partial charge >= 0.3 is 12.2 Å². The number of rotatable bonds is 5. The summed E-state index contributed by atoms with van der Waals surface area (Å²) in [5.74, 6) is -0.565. The molecular formula is C22H23ClF3N3O4. The lowest BCUT2D eigenvalue weighted by atomic mass is 10.1. The van der Waals surface area contributed by atoms with E-state index in [1.807, 2.05) is 0 Å². The van der Waals surface area contributed by atoms with Crippen molar-refractivity contribution in [3.05, 3.63) is 58.6 Å². The van der Waals surface area contributed by atoms with Gasteiger partial charge in [0, 0.05) is 31.4 Å². The molecule has 33 heavy (non-hydrogen) atoms. The highest BCUT2D eigenvalue weighted by atomic mass is 35.5. The molecule has 0 radical (unpaired) electrons. The molecule has 1 atom stereocenters. The molecule has 0 aromatic heterocycles. The number of hydrogen-bond donors (Lipinski definition) is 2. The number of urea groups is 1. The van der Waals surface area contributed by atoms with Gasteiger partial charge in [-0.05, 0) is 36.8 Å². The fourth-order valence-corrected chi connectivity index (χ4v) is 3.76. The zero-order valence-electron chi connectivity index (χ0n) is 17.7. The van der Waals surface area contributed by atoms with E-state index in [0.717, 1.165) is 5.56 Å². The van der Waals surface area contributed by atoms with Crippen LogP contribution in [0.15, 0.2) is 42.5 Å². The number of carbonyl (C=O) groups is 2. The van der Waals surface area contributed by atoms with Crippen molar-refractivity contribution in [2.24, 2.45) is 0 Å². The maximum absolute atomic E-state index is 13.4. The molecular weight excluding hydrogens is 463 g/mol. The number of para-hydroxylation sites is 1. The number of anilines is 1. The first-order valence-corrected chi connectivity index (χ1v) is 10.5. The highest BCUT2D eigenvalue weighted by molar-refractivity contribution is 6.34. The Bertz CT molecular complexity index is 1020. The molecule has 0 unspecified atom stereocenters. The van der Waals surface area contributed by atoms with Crippen molar-refractivity contribution >= 4 is 29.2 Å². The van der Waals surface area contributed by atoms with Crippen LogP contribution < -0.4 is 15.0 Å². The fraction of sp³-hybridized carbons (Fsp3) is 0.364. The van der Waals surface area contributed by atoms with Crippen LogP contribution in [-0.4, -0.2) is 60.5 Å². The number of halogens is 4. The van der Waals surface area contributed by atoms with Crippen molar-refractivity contribution in [2.75, 3.05) is 31.2 Å². The molecule has 2 aromatic rings. The number of alkyl halides is 3. The van der Waals surface area contributed by atoms with E-state index in [2.05, 4.69) is 5.32 Å². The van der Waals surface area contributed by atoms with E-state index in [1.54, 1.807) is 36.1 Å². The highest BCUT2D eigenvalue weighted by Crippen LogP contribution is 2.31. The van der Waals surface area contributed by atoms with Gasteiger partial charge in [-0.3, -0.25) is 4.79 Å². The number of carbonyl (C=O) groups excluding carboxylic acids is 2. The van der Waals surface area contributed by atoms with Gasteiger partial charge in [0.05, 0.1) is 17.2 Å². The molecule has 2 aromatic carbocycles.